The Morgan fingerprint density at radius 2 is 2.05 bits per heavy atom. The van der Waals surface area contributed by atoms with Gasteiger partial charge in [-0.2, -0.15) is 0 Å². The van der Waals surface area contributed by atoms with Crippen molar-refractivity contribution < 1.29 is 14.4 Å². The molecule has 0 aliphatic carbocycles. The first-order chi connectivity index (χ1) is 8.99. The van der Waals surface area contributed by atoms with E-state index in [1.165, 1.54) is 25.6 Å². The summed E-state index contributed by atoms with van der Waals surface area (Å²) in [6.45, 7) is 3.44. The molecule has 19 heavy (non-hydrogen) atoms. The van der Waals surface area contributed by atoms with Crippen LogP contribution in [0.4, 0.5) is 5.69 Å². The fourth-order valence-electron chi connectivity index (χ4n) is 1.94. The Balaban J connectivity index is 2.31. The SMILES string of the molecule is CC(=O)CCN1C(=O)CSc2cc(C(C)=O)ccc21. The fourth-order valence-corrected chi connectivity index (χ4v) is 2.91. The van der Waals surface area contributed by atoms with E-state index in [0.717, 1.165) is 10.6 Å². The van der Waals surface area contributed by atoms with Crippen molar-refractivity contribution in [1.82, 2.24) is 0 Å². The highest BCUT2D eigenvalue weighted by Gasteiger charge is 2.25. The van der Waals surface area contributed by atoms with E-state index in [4.69, 9.17) is 0 Å². The minimum absolute atomic E-state index is 0.00863. The molecule has 2 rings (SSSR count). The summed E-state index contributed by atoms with van der Waals surface area (Å²) < 4.78 is 0. The van der Waals surface area contributed by atoms with Gasteiger partial charge in [0, 0.05) is 23.4 Å². The van der Waals surface area contributed by atoms with Crippen molar-refractivity contribution in [3.63, 3.8) is 0 Å². The zero-order chi connectivity index (χ0) is 14.0. The van der Waals surface area contributed by atoms with Crippen LogP contribution in [-0.4, -0.2) is 29.8 Å². The molecule has 0 saturated carbocycles. The van der Waals surface area contributed by atoms with Gasteiger partial charge in [-0.1, -0.05) is 0 Å². The van der Waals surface area contributed by atoms with Gasteiger partial charge in [-0.3, -0.25) is 14.4 Å². The Kier molecular flexibility index (Phi) is 4.04. The lowest BCUT2D eigenvalue weighted by atomic mass is 10.1. The average Bonchev–Trinajstić information content (AvgIpc) is 2.36. The molecule has 1 aromatic carbocycles. The summed E-state index contributed by atoms with van der Waals surface area (Å²) in [5.74, 6) is 0.435. The third kappa shape index (κ3) is 3.04. The van der Waals surface area contributed by atoms with Crippen LogP contribution in [0.1, 0.15) is 30.6 Å². The number of carbonyl (C=O) groups excluding carboxylic acids is 3. The van der Waals surface area contributed by atoms with Gasteiger partial charge in [0.2, 0.25) is 5.91 Å². The second-order valence-electron chi connectivity index (χ2n) is 4.52. The van der Waals surface area contributed by atoms with E-state index < -0.39 is 0 Å². The van der Waals surface area contributed by atoms with Crippen LogP contribution in [0.25, 0.3) is 0 Å². The molecule has 1 aliphatic heterocycles. The first kappa shape index (κ1) is 13.8. The number of Topliss-reactive ketones (excluding diaryl/α,β-unsaturated/α-hetero) is 2. The van der Waals surface area contributed by atoms with Gasteiger partial charge in [0.05, 0.1) is 11.4 Å². The van der Waals surface area contributed by atoms with Gasteiger partial charge in [-0.05, 0) is 32.0 Å². The van der Waals surface area contributed by atoms with Gasteiger partial charge in [0.1, 0.15) is 5.78 Å². The van der Waals surface area contributed by atoms with Crippen molar-refractivity contribution in [2.75, 3.05) is 17.2 Å². The van der Waals surface area contributed by atoms with Gasteiger partial charge in [0.25, 0.3) is 0 Å². The number of nitrogens with zero attached hydrogens (tertiary/aromatic N) is 1. The lowest BCUT2D eigenvalue weighted by molar-refractivity contribution is -0.117. The van der Waals surface area contributed by atoms with Crippen LogP contribution in [-0.2, 0) is 9.59 Å². The van der Waals surface area contributed by atoms with Crippen molar-refractivity contribution >= 4 is 34.9 Å². The Morgan fingerprint density at radius 3 is 2.68 bits per heavy atom. The number of anilines is 1. The standard InChI is InChI=1S/C14H15NO3S/c1-9(16)5-6-15-12-4-3-11(10(2)17)7-13(12)19-8-14(15)18/h3-4,7H,5-6,8H2,1-2H3. The number of hydrogen-bond acceptors (Lipinski definition) is 4. The van der Waals surface area contributed by atoms with Gasteiger partial charge in [-0.25, -0.2) is 0 Å². The molecule has 5 heteroatoms. The second-order valence-corrected chi connectivity index (χ2v) is 5.54. The quantitative estimate of drug-likeness (QED) is 0.792. The minimum atomic E-state index is 0.00863. The van der Waals surface area contributed by atoms with Crippen LogP contribution in [0.15, 0.2) is 23.1 Å². The molecule has 100 valence electrons. The molecule has 1 amide bonds. The highest BCUT2D eigenvalue weighted by atomic mass is 32.2. The van der Waals surface area contributed by atoms with Crippen LogP contribution in [0.5, 0.6) is 0 Å². The largest absolute Gasteiger partial charge is 0.310 e. The smallest absolute Gasteiger partial charge is 0.237 e. The number of benzene rings is 1. The number of fused-ring (bicyclic) bond motifs is 1. The maximum atomic E-state index is 11.9. The summed E-state index contributed by atoms with van der Waals surface area (Å²) in [5.41, 5.74) is 1.44. The van der Waals surface area contributed by atoms with E-state index in [1.54, 1.807) is 17.0 Å². The first-order valence-electron chi connectivity index (χ1n) is 6.06. The van der Waals surface area contributed by atoms with E-state index in [-0.39, 0.29) is 17.5 Å². The van der Waals surface area contributed by atoms with Crippen molar-refractivity contribution in [2.45, 2.75) is 25.2 Å². The van der Waals surface area contributed by atoms with Crippen molar-refractivity contribution in [3.05, 3.63) is 23.8 Å². The van der Waals surface area contributed by atoms with E-state index in [1.807, 2.05) is 6.07 Å². The molecule has 0 N–H and O–H groups in total. The van der Waals surface area contributed by atoms with Gasteiger partial charge in [-0.15, -0.1) is 11.8 Å². The van der Waals surface area contributed by atoms with Crippen LogP contribution >= 0.6 is 11.8 Å². The minimum Gasteiger partial charge on any atom is -0.310 e. The molecule has 0 saturated heterocycles. The molecule has 0 atom stereocenters. The lowest BCUT2D eigenvalue weighted by Gasteiger charge is -2.29. The van der Waals surface area contributed by atoms with Crippen molar-refractivity contribution in [1.29, 1.82) is 0 Å². The molecule has 1 aromatic rings. The van der Waals surface area contributed by atoms with Gasteiger partial charge in [0.15, 0.2) is 5.78 Å². The molecule has 0 fully saturated rings. The van der Waals surface area contributed by atoms with Crippen LogP contribution < -0.4 is 4.90 Å². The predicted molar refractivity (Wildman–Crippen MR) is 74.8 cm³/mol. The maximum absolute atomic E-state index is 11.9. The Bertz CT molecular complexity index is 554. The molecule has 0 aromatic heterocycles. The summed E-state index contributed by atoms with van der Waals surface area (Å²) in [6, 6.07) is 5.33. The molecule has 1 heterocycles. The summed E-state index contributed by atoms with van der Waals surface area (Å²) in [6.07, 6.45) is 0.351. The number of thioether (sulfide) groups is 1. The summed E-state index contributed by atoms with van der Waals surface area (Å²) in [7, 11) is 0. The van der Waals surface area contributed by atoms with Crippen molar-refractivity contribution in [2.24, 2.45) is 0 Å². The highest BCUT2D eigenvalue weighted by molar-refractivity contribution is 8.00. The molecule has 0 bridgehead atoms. The van der Waals surface area contributed by atoms with Crippen molar-refractivity contribution in [3.8, 4) is 0 Å². The molecule has 1 aliphatic rings. The number of carbonyl (C=O) groups is 3. The third-order valence-corrected chi connectivity index (χ3v) is 4.03. The number of amides is 1. The zero-order valence-corrected chi connectivity index (χ0v) is 11.8. The zero-order valence-electron chi connectivity index (χ0n) is 10.9. The molecular weight excluding hydrogens is 262 g/mol. The molecular formula is C14H15NO3S. The van der Waals surface area contributed by atoms with Gasteiger partial charge < -0.3 is 4.90 Å². The number of hydrogen-bond donors (Lipinski definition) is 0. The van der Waals surface area contributed by atoms with Gasteiger partial charge >= 0.3 is 0 Å². The van der Waals surface area contributed by atoms with E-state index in [9.17, 15) is 14.4 Å². The Morgan fingerprint density at radius 1 is 1.32 bits per heavy atom. The normalized spacial score (nSPS) is 14.2. The molecule has 0 radical (unpaired) electrons. The van der Waals surface area contributed by atoms with Crippen LogP contribution in [0.2, 0.25) is 0 Å². The topological polar surface area (TPSA) is 54.5 Å². The monoisotopic (exact) mass is 277 g/mol. The lowest BCUT2D eigenvalue weighted by Crippen LogP contribution is -2.36. The van der Waals surface area contributed by atoms with E-state index in [2.05, 4.69) is 0 Å². The maximum Gasteiger partial charge on any atom is 0.237 e. The molecule has 4 nitrogen and oxygen atoms in total. The van der Waals surface area contributed by atoms with Crippen LogP contribution in [0.3, 0.4) is 0 Å². The summed E-state index contributed by atoms with van der Waals surface area (Å²) in [4.78, 5) is 36.9. The molecule has 0 unspecified atom stereocenters. The molecule has 0 spiro atoms. The average molecular weight is 277 g/mol. The highest BCUT2D eigenvalue weighted by Crippen LogP contribution is 2.36. The summed E-state index contributed by atoms with van der Waals surface area (Å²) in [5, 5.41) is 0. The number of ketones is 2. The number of rotatable bonds is 4. The predicted octanol–water partition coefficient (Wildman–Crippen LogP) is 2.31. The summed E-state index contributed by atoms with van der Waals surface area (Å²) >= 11 is 1.44. The second kappa shape index (κ2) is 5.57. The van der Waals surface area contributed by atoms with Crippen LogP contribution in [0, 0.1) is 0 Å². The first-order valence-corrected chi connectivity index (χ1v) is 7.05. The third-order valence-electron chi connectivity index (χ3n) is 3.00. The van der Waals surface area contributed by atoms with E-state index in [0.29, 0.717) is 24.3 Å². The van der Waals surface area contributed by atoms with E-state index >= 15 is 0 Å². The Hall–Kier alpha value is -1.62. The Labute approximate surface area is 116 Å². The fraction of sp³-hybridized carbons (Fsp3) is 0.357.